The smallest absolute Gasteiger partial charge is 0.256 e. The quantitative estimate of drug-likeness (QED) is 0.938. The largest absolute Gasteiger partial charge is 0.369 e. The number of nitrogens with zero attached hydrogens (tertiary/aromatic N) is 2. The van der Waals surface area contributed by atoms with Crippen molar-refractivity contribution in [1.29, 1.82) is 0 Å². The van der Waals surface area contributed by atoms with Crippen molar-refractivity contribution in [3.8, 4) is 0 Å². The first kappa shape index (κ1) is 16.6. The number of amides is 2. The summed E-state index contributed by atoms with van der Waals surface area (Å²) in [5.41, 5.74) is 7.27. The molecule has 0 aliphatic carbocycles. The number of para-hydroxylation sites is 1. The molecule has 2 aromatic rings. The number of aromatic nitrogens is 1. The SMILES string of the molecule is CCCn1cc(C(=O)N2C[C@H](C(N)=O)CC[C@@H]2C)c2ccccc21. The number of piperidine rings is 1. The molecule has 24 heavy (non-hydrogen) atoms. The van der Waals surface area contributed by atoms with E-state index in [2.05, 4.69) is 11.5 Å². The van der Waals surface area contributed by atoms with E-state index in [1.807, 2.05) is 42.3 Å². The van der Waals surface area contributed by atoms with E-state index in [9.17, 15) is 9.59 Å². The summed E-state index contributed by atoms with van der Waals surface area (Å²) in [6, 6.07) is 8.13. The van der Waals surface area contributed by atoms with Gasteiger partial charge < -0.3 is 15.2 Å². The zero-order chi connectivity index (χ0) is 17.3. The molecule has 3 rings (SSSR count). The van der Waals surface area contributed by atoms with Gasteiger partial charge in [0.1, 0.15) is 0 Å². The normalized spacial score (nSPS) is 21.2. The Labute approximate surface area is 142 Å². The first-order chi connectivity index (χ1) is 11.5. The van der Waals surface area contributed by atoms with Gasteiger partial charge in [-0.3, -0.25) is 9.59 Å². The molecule has 1 saturated heterocycles. The van der Waals surface area contributed by atoms with Crippen molar-refractivity contribution >= 4 is 22.7 Å². The van der Waals surface area contributed by atoms with Crippen molar-refractivity contribution in [2.45, 2.75) is 45.7 Å². The van der Waals surface area contributed by atoms with Crippen LogP contribution in [0.25, 0.3) is 10.9 Å². The van der Waals surface area contributed by atoms with E-state index in [0.717, 1.165) is 42.3 Å². The maximum Gasteiger partial charge on any atom is 0.256 e. The van der Waals surface area contributed by atoms with E-state index in [1.165, 1.54) is 0 Å². The Kier molecular flexibility index (Phi) is 4.60. The molecule has 128 valence electrons. The number of carbonyl (C=O) groups excluding carboxylic acids is 2. The predicted octanol–water partition coefficient (Wildman–Crippen LogP) is 2.78. The lowest BCUT2D eigenvalue weighted by molar-refractivity contribution is -0.123. The average molecular weight is 327 g/mol. The minimum atomic E-state index is -0.312. The molecular weight excluding hydrogens is 302 g/mol. The Morgan fingerprint density at radius 1 is 1.25 bits per heavy atom. The van der Waals surface area contributed by atoms with Gasteiger partial charge in [0.25, 0.3) is 5.91 Å². The van der Waals surface area contributed by atoms with E-state index in [0.29, 0.717) is 6.54 Å². The molecule has 2 atom stereocenters. The van der Waals surface area contributed by atoms with Gasteiger partial charge in [-0.1, -0.05) is 25.1 Å². The van der Waals surface area contributed by atoms with Crippen LogP contribution in [0.5, 0.6) is 0 Å². The summed E-state index contributed by atoms with van der Waals surface area (Å²) in [5.74, 6) is -0.554. The topological polar surface area (TPSA) is 68.3 Å². The number of rotatable bonds is 4. The first-order valence-corrected chi connectivity index (χ1v) is 8.71. The molecule has 5 nitrogen and oxygen atoms in total. The molecule has 0 unspecified atom stereocenters. The zero-order valence-corrected chi connectivity index (χ0v) is 14.4. The fraction of sp³-hybridized carbons (Fsp3) is 0.474. The Balaban J connectivity index is 1.97. The average Bonchev–Trinajstić information content (AvgIpc) is 2.94. The number of fused-ring (bicyclic) bond motifs is 1. The van der Waals surface area contributed by atoms with Crippen LogP contribution in [0, 0.1) is 5.92 Å². The van der Waals surface area contributed by atoms with E-state index in [1.54, 1.807) is 0 Å². The molecule has 2 N–H and O–H groups in total. The fourth-order valence-electron chi connectivity index (χ4n) is 3.62. The lowest BCUT2D eigenvalue weighted by Crippen LogP contribution is -2.48. The summed E-state index contributed by atoms with van der Waals surface area (Å²) in [6.45, 7) is 5.47. The summed E-state index contributed by atoms with van der Waals surface area (Å²) in [6.07, 6.45) is 4.54. The predicted molar refractivity (Wildman–Crippen MR) is 94.6 cm³/mol. The highest BCUT2D eigenvalue weighted by atomic mass is 16.2. The van der Waals surface area contributed by atoms with Crippen LogP contribution in [0.2, 0.25) is 0 Å². The van der Waals surface area contributed by atoms with Crippen molar-refractivity contribution in [3.05, 3.63) is 36.0 Å². The van der Waals surface area contributed by atoms with Crippen LogP contribution < -0.4 is 5.73 Å². The Bertz CT molecular complexity index is 765. The van der Waals surface area contributed by atoms with Gasteiger partial charge in [-0.15, -0.1) is 0 Å². The van der Waals surface area contributed by atoms with Crippen LogP contribution in [-0.4, -0.2) is 33.9 Å². The van der Waals surface area contributed by atoms with Gasteiger partial charge in [0, 0.05) is 36.2 Å². The molecule has 1 aromatic heterocycles. The molecule has 5 heteroatoms. The summed E-state index contributed by atoms with van der Waals surface area (Å²) in [7, 11) is 0. The van der Waals surface area contributed by atoms with Crippen LogP contribution in [-0.2, 0) is 11.3 Å². The van der Waals surface area contributed by atoms with Crippen molar-refractivity contribution in [2.75, 3.05) is 6.54 Å². The third kappa shape index (κ3) is 2.90. The van der Waals surface area contributed by atoms with Crippen molar-refractivity contribution < 1.29 is 9.59 Å². The van der Waals surface area contributed by atoms with Crippen molar-refractivity contribution in [2.24, 2.45) is 11.7 Å². The molecule has 0 bridgehead atoms. The van der Waals surface area contributed by atoms with Gasteiger partial charge in [0.05, 0.1) is 11.5 Å². The third-order valence-corrected chi connectivity index (χ3v) is 5.03. The Morgan fingerprint density at radius 3 is 2.71 bits per heavy atom. The summed E-state index contributed by atoms with van der Waals surface area (Å²) < 4.78 is 2.14. The summed E-state index contributed by atoms with van der Waals surface area (Å²) >= 11 is 0. The van der Waals surface area contributed by atoms with Crippen LogP contribution in [0.3, 0.4) is 0 Å². The second-order valence-corrected chi connectivity index (χ2v) is 6.74. The monoisotopic (exact) mass is 327 g/mol. The minimum absolute atomic E-state index is 0.000460. The number of primary amides is 1. The van der Waals surface area contributed by atoms with Crippen LogP contribution in [0.4, 0.5) is 0 Å². The molecule has 1 fully saturated rings. The molecule has 0 spiro atoms. The zero-order valence-electron chi connectivity index (χ0n) is 14.4. The summed E-state index contributed by atoms with van der Waals surface area (Å²) in [5, 5.41) is 0.976. The van der Waals surface area contributed by atoms with Gasteiger partial charge in [-0.05, 0) is 32.3 Å². The number of nitrogens with two attached hydrogens (primary N) is 1. The van der Waals surface area contributed by atoms with Gasteiger partial charge in [-0.25, -0.2) is 0 Å². The van der Waals surface area contributed by atoms with E-state index in [4.69, 9.17) is 5.73 Å². The fourth-order valence-corrected chi connectivity index (χ4v) is 3.62. The van der Waals surface area contributed by atoms with Crippen molar-refractivity contribution in [3.63, 3.8) is 0 Å². The first-order valence-electron chi connectivity index (χ1n) is 8.71. The van der Waals surface area contributed by atoms with E-state index >= 15 is 0 Å². The Hall–Kier alpha value is -2.30. The Morgan fingerprint density at radius 2 is 2.00 bits per heavy atom. The molecule has 1 aliphatic rings. The maximum atomic E-state index is 13.2. The second-order valence-electron chi connectivity index (χ2n) is 6.74. The highest BCUT2D eigenvalue weighted by Crippen LogP contribution is 2.28. The highest BCUT2D eigenvalue weighted by Gasteiger charge is 2.33. The lowest BCUT2D eigenvalue weighted by atomic mass is 9.92. The van der Waals surface area contributed by atoms with Gasteiger partial charge in [0.15, 0.2) is 0 Å². The molecule has 0 saturated carbocycles. The lowest BCUT2D eigenvalue weighted by Gasteiger charge is -2.36. The van der Waals surface area contributed by atoms with E-state index in [-0.39, 0.29) is 23.8 Å². The number of aryl methyl sites for hydroxylation is 1. The molecule has 1 aromatic carbocycles. The van der Waals surface area contributed by atoms with Crippen LogP contribution in [0.1, 0.15) is 43.5 Å². The van der Waals surface area contributed by atoms with Crippen LogP contribution in [0.15, 0.2) is 30.5 Å². The molecule has 2 amide bonds. The second kappa shape index (κ2) is 6.67. The number of hydrogen-bond acceptors (Lipinski definition) is 2. The summed E-state index contributed by atoms with van der Waals surface area (Å²) in [4.78, 5) is 26.5. The van der Waals surface area contributed by atoms with Gasteiger partial charge in [0.2, 0.25) is 5.91 Å². The number of hydrogen-bond donors (Lipinski definition) is 1. The molecule has 0 radical (unpaired) electrons. The third-order valence-electron chi connectivity index (χ3n) is 5.03. The number of carbonyl (C=O) groups is 2. The standard InChI is InChI=1S/C19H25N3O2/c1-3-10-21-12-16(15-6-4-5-7-17(15)21)19(24)22-11-14(18(20)23)9-8-13(22)2/h4-7,12-14H,3,8-11H2,1-2H3,(H2,20,23)/t13-,14+/m0/s1. The highest BCUT2D eigenvalue weighted by molar-refractivity contribution is 6.07. The minimum Gasteiger partial charge on any atom is -0.369 e. The molecule has 1 aliphatic heterocycles. The van der Waals surface area contributed by atoms with Crippen molar-refractivity contribution in [1.82, 2.24) is 9.47 Å². The number of benzene rings is 1. The van der Waals surface area contributed by atoms with Gasteiger partial charge >= 0.3 is 0 Å². The maximum absolute atomic E-state index is 13.2. The number of likely N-dealkylation sites (tertiary alicyclic amines) is 1. The van der Waals surface area contributed by atoms with Crippen LogP contribution >= 0.6 is 0 Å². The molecular formula is C19H25N3O2. The van der Waals surface area contributed by atoms with Gasteiger partial charge in [-0.2, -0.15) is 0 Å². The van der Waals surface area contributed by atoms with E-state index < -0.39 is 0 Å². The molecule has 2 heterocycles.